The Kier molecular flexibility index (Phi) is 6.94. The molecule has 0 aliphatic carbocycles. The van der Waals surface area contributed by atoms with E-state index in [-0.39, 0.29) is 30.9 Å². The summed E-state index contributed by atoms with van der Waals surface area (Å²) in [4.78, 5) is 25.1. The van der Waals surface area contributed by atoms with E-state index in [1.54, 1.807) is 11.9 Å². The summed E-state index contributed by atoms with van der Waals surface area (Å²) >= 11 is 2.21. The van der Waals surface area contributed by atoms with Crippen LogP contribution in [-0.4, -0.2) is 42.9 Å². The molecule has 0 atom stereocenters. The Morgan fingerprint density at radius 3 is 2.25 bits per heavy atom. The lowest BCUT2D eigenvalue weighted by Crippen LogP contribution is -2.41. The first-order valence-corrected chi connectivity index (χ1v) is 7.48. The summed E-state index contributed by atoms with van der Waals surface area (Å²) in [6, 6.07) is 7.67. The van der Waals surface area contributed by atoms with E-state index in [1.165, 1.54) is 0 Å². The summed E-state index contributed by atoms with van der Waals surface area (Å²) in [5, 5.41) is 5.59. The molecule has 0 aromatic heterocycles. The Morgan fingerprint density at radius 1 is 1.15 bits per heavy atom. The predicted octanol–water partition coefficient (Wildman–Crippen LogP) is 1.69. The number of likely N-dealkylation sites (N-methyl/N-ethyl adjacent to an activating group) is 1. The van der Waals surface area contributed by atoms with Crippen molar-refractivity contribution in [3.63, 3.8) is 0 Å². The van der Waals surface area contributed by atoms with E-state index in [1.807, 2.05) is 38.1 Å². The number of carbonyl (C=O) groups excluding carboxylic acids is 2. The molecule has 1 aromatic rings. The molecule has 2 amide bonds. The van der Waals surface area contributed by atoms with Crippen molar-refractivity contribution in [3.05, 3.63) is 27.8 Å². The van der Waals surface area contributed by atoms with Crippen LogP contribution in [0.1, 0.15) is 13.8 Å². The highest BCUT2D eigenvalue weighted by Gasteiger charge is 2.11. The Morgan fingerprint density at radius 2 is 1.70 bits per heavy atom. The van der Waals surface area contributed by atoms with Gasteiger partial charge in [-0.3, -0.25) is 14.5 Å². The van der Waals surface area contributed by atoms with Gasteiger partial charge >= 0.3 is 0 Å². The normalized spacial score (nSPS) is 10.7. The fourth-order valence-corrected chi connectivity index (χ4v) is 2.01. The highest BCUT2D eigenvalue weighted by atomic mass is 127. The number of hydrogen-bond acceptors (Lipinski definition) is 3. The van der Waals surface area contributed by atoms with Crippen molar-refractivity contribution in [2.24, 2.45) is 0 Å². The summed E-state index contributed by atoms with van der Waals surface area (Å²) in [5.41, 5.74) is 0.760. The zero-order valence-electron chi connectivity index (χ0n) is 11.9. The van der Waals surface area contributed by atoms with Gasteiger partial charge in [-0.2, -0.15) is 0 Å². The molecular formula is C14H20IN3O2. The minimum Gasteiger partial charge on any atom is -0.353 e. The number of benzene rings is 1. The van der Waals surface area contributed by atoms with Crippen LogP contribution < -0.4 is 10.6 Å². The van der Waals surface area contributed by atoms with E-state index in [0.29, 0.717) is 0 Å². The number of hydrogen-bond donors (Lipinski definition) is 2. The van der Waals surface area contributed by atoms with Gasteiger partial charge in [-0.05, 0) is 67.8 Å². The third-order valence-electron chi connectivity index (χ3n) is 2.40. The molecule has 5 nitrogen and oxygen atoms in total. The lowest BCUT2D eigenvalue weighted by molar-refractivity contribution is -0.123. The second-order valence-electron chi connectivity index (χ2n) is 4.95. The van der Waals surface area contributed by atoms with E-state index in [2.05, 4.69) is 33.2 Å². The molecule has 0 saturated heterocycles. The van der Waals surface area contributed by atoms with Crippen molar-refractivity contribution in [2.75, 3.05) is 25.5 Å². The first-order valence-electron chi connectivity index (χ1n) is 6.40. The molecule has 0 spiro atoms. The second-order valence-corrected chi connectivity index (χ2v) is 6.20. The zero-order chi connectivity index (χ0) is 15.1. The first-order chi connectivity index (χ1) is 9.36. The number of nitrogens with one attached hydrogen (secondary N) is 2. The van der Waals surface area contributed by atoms with Crippen LogP contribution in [0.15, 0.2) is 24.3 Å². The Labute approximate surface area is 133 Å². The maximum atomic E-state index is 11.8. The maximum Gasteiger partial charge on any atom is 0.238 e. The Hall–Kier alpha value is -1.15. The highest BCUT2D eigenvalue weighted by molar-refractivity contribution is 14.1. The second kappa shape index (κ2) is 8.21. The maximum absolute atomic E-state index is 11.8. The third-order valence-corrected chi connectivity index (χ3v) is 3.12. The van der Waals surface area contributed by atoms with Gasteiger partial charge in [-0.15, -0.1) is 0 Å². The minimum absolute atomic E-state index is 0.0791. The molecule has 0 heterocycles. The molecule has 6 heteroatoms. The zero-order valence-corrected chi connectivity index (χ0v) is 14.1. The van der Waals surface area contributed by atoms with Gasteiger partial charge in [0, 0.05) is 15.3 Å². The largest absolute Gasteiger partial charge is 0.353 e. The van der Waals surface area contributed by atoms with Gasteiger partial charge in [-0.1, -0.05) is 0 Å². The van der Waals surface area contributed by atoms with Gasteiger partial charge < -0.3 is 10.6 Å². The fourth-order valence-electron chi connectivity index (χ4n) is 1.65. The molecular weight excluding hydrogens is 369 g/mol. The molecule has 20 heavy (non-hydrogen) atoms. The molecule has 110 valence electrons. The quantitative estimate of drug-likeness (QED) is 0.728. The molecule has 0 bridgehead atoms. The lowest BCUT2D eigenvalue weighted by Gasteiger charge is -2.17. The molecule has 0 aliphatic rings. The van der Waals surface area contributed by atoms with Crippen molar-refractivity contribution in [3.8, 4) is 0 Å². The van der Waals surface area contributed by atoms with E-state index in [9.17, 15) is 9.59 Å². The van der Waals surface area contributed by atoms with Crippen LogP contribution >= 0.6 is 22.6 Å². The molecule has 1 rings (SSSR count). The monoisotopic (exact) mass is 389 g/mol. The third kappa shape index (κ3) is 6.85. The minimum atomic E-state index is -0.133. The first kappa shape index (κ1) is 16.9. The van der Waals surface area contributed by atoms with Crippen molar-refractivity contribution < 1.29 is 9.59 Å². The van der Waals surface area contributed by atoms with Crippen molar-refractivity contribution in [2.45, 2.75) is 19.9 Å². The molecule has 0 radical (unpaired) electrons. The molecule has 2 N–H and O–H groups in total. The van der Waals surface area contributed by atoms with Gasteiger partial charge in [0.1, 0.15) is 0 Å². The van der Waals surface area contributed by atoms with E-state index in [0.717, 1.165) is 9.26 Å². The fraction of sp³-hybridized carbons (Fsp3) is 0.429. The Bertz CT molecular complexity index is 460. The van der Waals surface area contributed by atoms with Crippen LogP contribution in [0.2, 0.25) is 0 Å². The van der Waals surface area contributed by atoms with Gasteiger partial charge in [0.15, 0.2) is 0 Å². The highest BCUT2D eigenvalue weighted by Crippen LogP contribution is 2.10. The summed E-state index contributed by atoms with van der Waals surface area (Å²) in [6.45, 7) is 4.19. The van der Waals surface area contributed by atoms with E-state index < -0.39 is 0 Å². The van der Waals surface area contributed by atoms with Gasteiger partial charge in [0.2, 0.25) is 11.8 Å². The van der Waals surface area contributed by atoms with Crippen molar-refractivity contribution in [1.29, 1.82) is 0 Å². The van der Waals surface area contributed by atoms with Crippen LogP contribution in [0.25, 0.3) is 0 Å². The van der Waals surface area contributed by atoms with Crippen LogP contribution in [0.4, 0.5) is 5.69 Å². The summed E-state index contributed by atoms with van der Waals surface area (Å²) < 4.78 is 1.11. The molecule has 0 unspecified atom stereocenters. The average molecular weight is 389 g/mol. The van der Waals surface area contributed by atoms with E-state index in [4.69, 9.17) is 0 Å². The molecule has 0 fully saturated rings. The van der Waals surface area contributed by atoms with Crippen molar-refractivity contribution >= 4 is 40.1 Å². The van der Waals surface area contributed by atoms with Gasteiger partial charge in [0.25, 0.3) is 0 Å². The topological polar surface area (TPSA) is 61.4 Å². The molecule has 1 aromatic carbocycles. The standard InChI is InChI=1S/C14H20IN3O2/c1-10(2)16-13(19)8-18(3)9-14(20)17-12-6-4-11(15)5-7-12/h4-7,10H,8-9H2,1-3H3,(H,16,19)(H,17,20). The molecule has 0 saturated carbocycles. The van der Waals surface area contributed by atoms with E-state index >= 15 is 0 Å². The van der Waals surface area contributed by atoms with Crippen LogP contribution in [0.5, 0.6) is 0 Å². The van der Waals surface area contributed by atoms with Gasteiger partial charge in [0.05, 0.1) is 13.1 Å². The van der Waals surface area contributed by atoms with Crippen LogP contribution in [-0.2, 0) is 9.59 Å². The smallest absolute Gasteiger partial charge is 0.238 e. The average Bonchev–Trinajstić information content (AvgIpc) is 2.30. The summed E-state index contributed by atoms with van der Waals surface area (Å²) in [5.74, 6) is -0.212. The van der Waals surface area contributed by atoms with Crippen LogP contribution in [0.3, 0.4) is 0 Å². The number of halogens is 1. The van der Waals surface area contributed by atoms with Crippen LogP contribution in [0, 0.1) is 3.57 Å². The lowest BCUT2D eigenvalue weighted by atomic mass is 10.3. The number of amides is 2. The van der Waals surface area contributed by atoms with Crippen molar-refractivity contribution in [1.82, 2.24) is 10.2 Å². The number of rotatable bonds is 6. The predicted molar refractivity (Wildman–Crippen MR) is 88.6 cm³/mol. The SMILES string of the molecule is CC(C)NC(=O)CN(C)CC(=O)Nc1ccc(I)cc1. The number of nitrogens with zero attached hydrogens (tertiary/aromatic N) is 1. The number of anilines is 1. The Balaban J connectivity index is 2.38. The van der Waals surface area contributed by atoms with Gasteiger partial charge in [-0.25, -0.2) is 0 Å². The number of carbonyl (C=O) groups is 2. The molecule has 0 aliphatic heterocycles. The summed E-state index contributed by atoms with van der Waals surface area (Å²) in [6.07, 6.45) is 0. The summed E-state index contributed by atoms with van der Waals surface area (Å²) in [7, 11) is 1.74.